The van der Waals surface area contributed by atoms with Crippen LogP contribution < -0.4 is 11.1 Å². The van der Waals surface area contributed by atoms with Gasteiger partial charge in [0.2, 0.25) is 0 Å². The maximum Gasteiger partial charge on any atom is 0.416 e. The number of alkyl halides is 3. The lowest BCUT2D eigenvalue weighted by molar-refractivity contribution is -0.137. The standard InChI is InChI=1S/C13H15ClF3N3O/c14-10-7-8(13(15,16)17)1-2-11(10)19-9-3-5-20(6-4-9)12(18)21/h1-2,7,9,19H,3-6H2,(H2,18,21). The molecule has 3 N–H and O–H groups in total. The van der Waals surface area contributed by atoms with Gasteiger partial charge in [-0.1, -0.05) is 11.6 Å². The van der Waals surface area contributed by atoms with Crippen molar-refractivity contribution in [2.24, 2.45) is 5.73 Å². The average Bonchev–Trinajstić information content (AvgIpc) is 2.40. The first-order valence-electron chi connectivity index (χ1n) is 6.45. The Kier molecular flexibility index (Phi) is 4.51. The van der Waals surface area contributed by atoms with Crippen molar-refractivity contribution in [1.29, 1.82) is 0 Å². The highest BCUT2D eigenvalue weighted by molar-refractivity contribution is 6.33. The van der Waals surface area contributed by atoms with Crippen molar-refractivity contribution in [2.75, 3.05) is 18.4 Å². The molecule has 0 unspecified atom stereocenters. The van der Waals surface area contributed by atoms with E-state index in [0.29, 0.717) is 31.6 Å². The van der Waals surface area contributed by atoms with Crippen LogP contribution in [0.15, 0.2) is 18.2 Å². The van der Waals surface area contributed by atoms with Gasteiger partial charge in [0.15, 0.2) is 0 Å². The van der Waals surface area contributed by atoms with E-state index in [2.05, 4.69) is 5.32 Å². The number of nitrogens with one attached hydrogen (secondary N) is 1. The van der Waals surface area contributed by atoms with Gasteiger partial charge in [-0.3, -0.25) is 0 Å². The molecule has 0 spiro atoms. The summed E-state index contributed by atoms with van der Waals surface area (Å²) in [7, 11) is 0. The number of amides is 2. The van der Waals surface area contributed by atoms with E-state index in [0.717, 1.165) is 12.1 Å². The number of carbonyl (C=O) groups excluding carboxylic acids is 1. The van der Waals surface area contributed by atoms with Crippen molar-refractivity contribution in [3.8, 4) is 0 Å². The molecule has 2 rings (SSSR count). The number of rotatable bonds is 2. The Bertz CT molecular complexity index is 528. The van der Waals surface area contributed by atoms with Gasteiger partial charge in [-0.2, -0.15) is 13.2 Å². The number of hydrogen-bond donors (Lipinski definition) is 2. The van der Waals surface area contributed by atoms with Crippen LogP contribution in [0, 0.1) is 0 Å². The number of piperidine rings is 1. The number of carbonyl (C=O) groups is 1. The van der Waals surface area contributed by atoms with Crippen molar-refractivity contribution in [3.05, 3.63) is 28.8 Å². The molecule has 1 fully saturated rings. The van der Waals surface area contributed by atoms with Gasteiger partial charge in [0, 0.05) is 19.1 Å². The van der Waals surface area contributed by atoms with E-state index in [-0.39, 0.29) is 11.1 Å². The molecule has 1 saturated heterocycles. The topological polar surface area (TPSA) is 58.4 Å². The zero-order valence-corrected chi connectivity index (χ0v) is 11.8. The van der Waals surface area contributed by atoms with Crippen LogP contribution >= 0.6 is 11.6 Å². The van der Waals surface area contributed by atoms with Gasteiger partial charge in [0.25, 0.3) is 0 Å². The molecule has 116 valence electrons. The van der Waals surface area contributed by atoms with Crippen LogP contribution in [0.2, 0.25) is 5.02 Å². The monoisotopic (exact) mass is 321 g/mol. The molecule has 4 nitrogen and oxygen atoms in total. The van der Waals surface area contributed by atoms with Crippen LogP contribution in [-0.4, -0.2) is 30.1 Å². The smallest absolute Gasteiger partial charge is 0.381 e. The fourth-order valence-electron chi connectivity index (χ4n) is 2.27. The molecular formula is C13H15ClF3N3O. The van der Waals surface area contributed by atoms with Gasteiger partial charge in [0.1, 0.15) is 0 Å². The minimum absolute atomic E-state index is 0.0298. The molecule has 0 aromatic heterocycles. The fraction of sp³-hybridized carbons (Fsp3) is 0.462. The number of urea groups is 1. The van der Waals surface area contributed by atoms with Crippen LogP contribution in [0.4, 0.5) is 23.7 Å². The SMILES string of the molecule is NC(=O)N1CCC(Nc2ccc(C(F)(F)F)cc2Cl)CC1. The second-order valence-corrected chi connectivity index (χ2v) is 5.34. The summed E-state index contributed by atoms with van der Waals surface area (Å²) in [5, 5.41) is 3.14. The maximum absolute atomic E-state index is 12.5. The summed E-state index contributed by atoms with van der Waals surface area (Å²) < 4.78 is 37.6. The molecule has 0 atom stereocenters. The average molecular weight is 322 g/mol. The number of primary amides is 1. The first-order valence-corrected chi connectivity index (χ1v) is 6.83. The summed E-state index contributed by atoms with van der Waals surface area (Å²) in [5.74, 6) is 0. The van der Waals surface area contributed by atoms with Gasteiger partial charge >= 0.3 is 12.2 Å². The van der Waals surface area contributed by atoms with E-state index in [1.54, 1.807) is 0 Å². The third kappa shape index (κ3) is 3.93. The lowest BCUT2D eigenvalue weighted by Crippen LogP contribution is -2.44. The maximum atomic E-state index is 12.5. The summed E-state index contributed by atoms with van der Waals surface area (Å²) in [4.78, 5) is 12.5. The van der Waals surface area contributed by atoms with E-state index in [1.807, 2.05) is 0 Å². The Morgan fingerprint density at radius 1 is 1.33 bits per heavy atom. The first kappa shape index (κ1) is 15.8. The molecular weight excluding hydrogens is 307 g/mol. The lowest BCUT2D eigenvalue weighted by Gasteiger charge is -2.32. The van der Waals surface area contributed by atoms with Crippen LogP contribution in [0.5, 0.6) is 0 Å². The highest BCUT2D eigenvalue weighted by Crippen LogP contribution is 2.34. The highest BCUT2D eigenvalue weighted by atomic mass is 35.5. The van der Waals surface area contributed by atoms with Crippen LogP contribution in [0.3, 0.4) is 0 Å². The molecule has 21 heavy (non-hydrogen) atoms. The van der Waals surface area contributed by atoms with Gasteiger partial charge in [-0.25, -0.2) is 4.79 Å². The Labute approximate surface area is 125 Å². The normalized spacial score (nSPS) is 16.9. The molecule has 1 aliphatic rings. The van der Waals surface area contributed by atoms with Gasteiger partial charge in [-0.05, 0) is 31.0 Å². The summed E-state index contributed by atoms with van der Waals surface area (Å²) >= 11 is 5.89. The fourth-order valence-corrected chi connectivity index (χ4v) is 2.51. The molecule has 1 aliphatic heterocycles. The van der Waals surface area contributed by atoms with Crippen molar-refractivity contribution in [1.82, 2.24) is 4.90 Å². The number of halogens is 4. The Balaban J connectivity index is 2.00. The molecule has 1 aromatic carbocycles. The third-order valence-corrected chi connectivity index (χ3v) is 3.78. The largest absolute Gasteiger partial charge is 0.416 e. The minimum atomic E-state index is -4.41. The van der Waals surface area contributed by atoms with Crippen LogP contribution in [0.25, 0.3) is 0 Å². The summed E-state index contributed by atoms with van der Waals surface area (Å²) in [6.45, 7) is 1.04. The first-order chi connectivity index (χ1) is 9.77. The van der Waals surface area contributed by atoms with Gasteiger partial charge in [0.05, 0.1) is 16.3 Å². The molecule has 1 aromatic rings. The van der Waals surface area contributed by atoms with Crippen molar-refractivity contribution >= 4 is 23.3 Å². The van der Waals surface area contributed by atoms with Crippen molar-refractivity contribution in [2.45, 2.75) is 25.1 Å². The number of anilines is 1. The van der Waals surface area contributed by atoms with Crippen molar-refractivity contribution < 1.29 is 18.0 Å². The number of likely N-dealkylation sites (tertiary alicyclic amines) is 1. The zero-order valence-electron chi connectivity index (χ0n) is 11.1. The number of hydrogen-bond acceptors (Lipinski definition) is 2. The van der Waals surface area contributed by atoms with Gasteiger partial charge in [-0.15, -0.1) is 0 Å². The number of nitrogens with zero attached hydrogens (tertiary/aromatic N) is 1. The molecule has 2 amide bonds. The lowest BCUT2D eigenvalue weighted by atomic mass is 10.0. The van der Waals surface area contributed by atoms with Crippen molar-refractivity contribution in [3.63, 3.8) is 0 Å². The summed E-state index contributed by atoms with van der Waals surface area (Å²) in [6, 6.07) is 2.82. The van der Waals surface area contributed by atoms with Crippen LogP contribution in [0.1, 0.15) is 18.4 Å². The summed E-state index contributed by atoms with van der Waals surface area (Å²) in [5.41, 5.74) is 4.87. The predicted octanol–water partition coefficient (Wildman–Crippen LogP) is 3.31. The Hall–Kier alpha value is -1.63. The Morgan fingerprint density at radius 3 is 2.43 bits per heavy atom. The molecule has 1 heterocycles. The van der Waals surface area contributed by atoms with E-state index < -0.39 is 17.8 Å². The van der Waals surface area contributed by atoms with E-state index in [1.165, 1.54) is 11.0 Å². The second kappa shape index (κ2) is 6.01. The molecule has 0 saturated carbocycles. The molecule has 0 radical (unpaired) electrons. The molecule has 0 aliphatic carbocycles. The zero-order chi connectivity index (χ0) is 15.6. The number of nitrogens with two attached hydrogens (primary N) is 1. The number of benzene rings is 1. The predicted molar refractivity (Wildman–Crippen MR) is 74.3 cm³/mol. The van der Waals surface area contributed by atoms with E-state index in [4.69, 9.17) is 17.3 Å². The molecule has 8 heteroatoms. The minimum Gasteiger partial charge on any atom is -0.381 e. The Morgan fingerprint density at radius 2 is 1.95 bits per heavy atom. The van der Waals surface area contributed by atoms with Crippen LogP contribution in [-0.2, 0) is 6.18 Å². The summed E-state index contributed by atoms with van der Waals surface area (Å²) in [6.07, 6.45) is -3.07. The third-order valence-electron chi connectivity index (χ3n) is 3.46. The molecule has 0 bridgehead atoms. The quantitative estimate of drug-likeness (QED) is 0.878. The van der Waals surface area contributed by atoms with E-state index >= 15 is 0 Å². The van der Waals surface area contributed by atoms with Gasteiger partial charge < -0.3 is 16.0 Å². The van der Waals surface area contributed by atoms with E-state index in [9.17, 15) is 18.0 Å². The second-order valence-electron chi connectivity index (χ2n) is 4.94. The highest BCUT2D eigenvalue weighted by Gasteiger charge is 2.31.